The number of likely N-dealkylation sites (N-methyl/N-ethyl adjacent to an activating group) is 2. The molecular formula is C13H22BrN3OS. The molecule has 0 aliphatic rings. The van der Waals surface area contributed by atoms with E-state index in [2.05, 4.69) is 46.1 Å². The van der Waals surface area contributed by atoms with E-state index < -0.39 is 0 Å². The number of rotatable bonds is 7. The Kier molecular flexibility index (Phi) is 6.99. The van der Waals surface area contributed by atoms with Crippen LogP contribution in [0.25, 0.3) is 0 Å². The van der Waals surface area contributed by atoms with Crippen molar-refractivity contribution in [3.8, 4) is 0 Å². The van der Waals surface area contributed by atoms with Crippen LogP contribution in [0.15, 0.2) is 15.9 Å². The molecule has 19 heavy (non-hydrogen) atoms. The van der Waals surface area contributed by atoms with Gasteiger partial charge in [0, 0.05) is 18.0 Å². The molecule has 1 aromatic heterocycles. The van der Waals surface area contributed by atoms with Crippen LogP contribution in [0.5, 0.6) is 0 Å². The van der Waals surface area contributed by atoms with E-state index in [9.17, 15) is 4.79 Å². The molecule has 1 rings (SSSR count). The fraction of sp³-hybridized carbons (Fsp3) is 0.615. The van der Waals surface area contributed by atoms with Gasteiger partial charge in [0.05, 0.1) is 16.4 Å². The number of amides is 1. The first-order valence-electron chi connectivity index (χ1n) is 6.48. The number of nitrogens with zero attached hydrogens (tertiary/aromatic N) is 1. The summed E-state index contributed by atoms with van der Waals surface area (Å²) in [5, 5.41) is 2.67. The normalized spacial score (nSPS) is 14.4. The zero-order chi connectivity index (χ0) is 14.4. The van der Waals surface area contributed by atoms with Crippen LogP contribution in [0.1, 0.15) is 31.2 Å². The van der Waals surface area contributed by atoms with Gasteiger partial charge in [0.15, 0.2) is 0 Å². The molecule has 0 aromatic carbocycles. The quantitative estimate of drug-likeness (QED) is 0.795. The van der Waals surface area contributed by atoms with Crippen LogP contribution in [0.3, 0.4) is 0 Å². The topological polar surface area (TPSA) is 58.4 Å². The van der Waals surface area contributed by atoms with Crippen molar-refractivity contribution in [2.45, 2.75) is 32.4 Å². The highest BCUT2D eigenvalue weighted by atomic mass is 79.9. The molecule has 0 bridgehead atoms. The maximum absolute atomic E-state index is 11.6. The maximum atomic E-state index is 11.6. The lowest BCUT2D eigenvalue weighted by atomic mass is 10.0. The van der Waals surface area contributed by atoms with Crippen molar-refractivity contribution in [1.82, 2.24) is 10.2 Å². The van der Waals surface area contributed by atoms with E-state index in [-0.39, 0.29) is 18.0 Å². The third kappa shape index (κ3) is 4.56. The Morgan fingerprint density at radius 1 is 1.53 bits per heavy atom. The van der Waals surface area contributed by atoms with Gasteiger partial charge in [-0.3, -0.25) is 9.69 Å². The van der Waals surface area contributed by atoms with Crippen molar-refractivity contribution >= 4 is 33.2 Å². The fourth-order valence-corrected chi connectivity index (χ4v) is 3.68. The highest BCUT2D eigenvalue weighted by Gasteiger charge is 2.27. The van der Waals surface area contributed by atoms with E-state index in [4.69, 9.17) is 5.73 Å². The average Bonchev–Trinajstić information content (AvgIpc) is 2.83. The summed E-state index contributed by atoms with van der Waals surface area (Å²) >= 11 is 5.17. The first-order chi connectivity index (χ1) is 9.03. The average molecular weight is 348 g/mol. The number of nitrogens with one attached hydrogen (secondary N) is 1. The van der Waals surface area contributed by atoms with Gasteiger partial charge in [0.1, 0.15) is 0 Å². The minimum Gasteiger partial charge on any atom is -0.358 e. The second-order valence-corrected chi connectivity index (χ2v) is 6.89. The Labute approximate surface area is 127 Å². The SMILES string of the molecule is CCC(N)C(c1ccc(Br)s1)N(CC)CC(=O)NC. The van der Waals surface area contributed by atoms with Crippen LogP contribution in [0.4, 0.5) is 0 Å². The second kappa shape index (κ2) is 7.99. The molecule has 1 amide bonds. The number of hydrogen-bond acceptors (Lipinski definition) is 4. The zero-order valence-corrected chi connectivity index (χ0v) is 14.1. The lowest BCUT2D eigenvalue weighted by Gasteiger charge is -2.33. The van der Waals surface area contributed by atoms with E-state index in [1.807, 2.05) is 6.07 Å². The second-order valence-electron chi connectivity index (χ2n) is 4.40. The van der Waals surface area contributed by atoms with Gasteiger partial charge in [0.2, 0.25) is 5.91 Å². The van der Waals surface area contributed by atoms with Gasteiger partial charge in [-0.25, -0.2) is 0 Å². The van der Waals surface area contributed by atoms with Crippen LogP contribution < -0.4 is 11.1 Å². The smallest absolute Gasteiger partial charge is 0.233 e. The van der Waals surface area contributed by atoms with Gasteiger partial charge in [0.25, 0.3) is 0 Å². The molecule has 0 saturated carbocycles. The summed E-state index contributed by atoms with van der Waals surface area (Å²) in [5.74, 6) is 0.0192. The lowest BCUT2D eigenvalue weighted by Crippen LogP contribution is -2.44. The van der Waals surface area contributed by atoms with E-state index in [1.165, 1.54) is 4.88 Å². The Morgan fingerprint density at radius 3 is 2.63 bits per heavy atom. The van der Waals surface area contributed by atoms with Gasteiger partial charge in [-0.2, -0.15) is 0 Å². The van der Waals surface area contributed by atoms with Crippen molar-refractivity contribution in [3.05, 3.63) is 20.8 Å². The van der Waals surface area contributed by atoms with Gasteiger partial charge in [-0.05, 0) is 41.0 Å². The highest BCUT2D eigenvalue weighted by molar-refractivity contribution is 9.11. The van der Waals surface area contributed by atoms with Crippen LogP contribution in [-0.2, 0) is 4.79 Å². The molecule has 0 aliphatic heterocycles. The third-order valence-corrected chi connectivity index (χ3v) is 4.88. The number of halogens is 1. The van der Waals surface area contributed by atoms with Crippen molar-refractivity contribution < 1.29 is 4.79 Å². The molecule has 0 aliphatic carbocycles. The molecule has 3 N–H and O–H groups in total. The number of carbonyl (C=O) groups excluding carboxylic acids is 1. The summed E-state index contributed by atoms with van der Waals surface area (Å²) in [6.45, 7) is 5.30. The summed E-state index contributed by atoms with van der Waals surface area (Å²) in [7, 11) is 1.66. The Bertz CT molecular complexity index is 410. The van der Waals surface area contributed by atoms with Crippen molar-refractivity contribution in [2.24, 2.45) is 5.73 Å². The summed E-state index contributed by atoms with van der Waals surface area (Å²) in [5.41, 5.74) is 6.27. The fourth-order valence-electron chi connectivity index (χ4n) is 2.04. The summed E-state index contributed by atoms with van der Waals surface area (Å²) in [6.07, 6.45) is 0.879. The standard InChI is InChI=1S/C13H22BrN3OS/c1-4-9(15)13(10-6-7-11(14)19-10)17(5-2)8-12(18)16-3/h6-7,9,13H,4-5,8,15H2,1-3H3,(H,16,18). The zero-order valence-electron chi connectivity index (χ0n) is 11.6. The van der Waals surface area contributed by atoms with Crippen molar-refractivity contribution in [1.29, 1.82) is 0 Å². The molecule has 2 atom stereocenters. The largest absolute Gasteiger partial charge is 0.358 e. The van der Waals surface area contributed by atoms with Gasteiger partial charge in [-0.1, -0.05) is 13.8 Å². The molecule has 0 fully saturated rings. The summed E-state index contributed by atoms with van der Waals surface area (Å²) < 4.78 is 1.09. The summed E-state index contributed by atoms with van der Waals surface area (Å²) in [4.78, 5) is 15.0. The Hall–Kier alpha value is -0.430. The maximum Gasteiger partial charge on any atom is 0.233 e. The number of nitrogens with two attached hydrogens (primary N) is 1. The molecule has 108 valence electrons. The minimum absolute atomic E-state index is 0.0192. The Morgan fingerprint density at radius 2 is 2.21 bits per heavy atom. The van der Waals surface area contributed by atoms with Gasteiger partial charge < -0.3 is 11.1 Å². The predicted molar refractivity (Wildman–Crippen MR) is 84.3 cm³/mol. The van der Waals surface area contributed by atoms with E-state index in [0.29, 0.717) is 6.54 Å². The molecule has 2 unspecified atom stereocenters. The molecule has 1 aromatic rings. The monoisotopic (exact) mass is 347 g/mol. The Balaban J connectivity index is 2.97. The van der Waals surface area contributed by atoms with E-state index in [1.54, 1.807) is 18.4 Å². The van der Waals surface area contributed by atoms with Crippen LogP contribution in [0.2, 0.25) is 0 Å². The summed E-state index contributed by atoms with van der Waals surface area (Å²) in [6, 6.07) is 4.23. The van der Waals surface area contributed by atoms with Crippen LogP contribution in [-0.4, -0.2) is 37.0 Å². The van der Waals surface area contributed by atoms with E-state index in [0.717, 1.165) is 16.8 Å². The molecule has 6 heteroatoms. The van der Waals surface area contributed by atoms with Crippen molar-refractivity contribution in [3.63, 3.8) is 0 Å². The van der Waals surface area contributed by atoms with E-state index >= 15 is 0 Å². The molecule has 0 radical (unpaired) electrons. The predicted octanol–water partition coefficient (Wildman–Crippen LogP) is 2.36. The molecule has 4 nitrogen and oxygen atoms in total. The first-order valence-corrected chi connectivity index (χ1v) is 8.09. The molecule has 1 heterocycles. The number of thiophene rings is 1. The van der Waals surface area contributed by atoms with Gasteiger partial charge >= 0.3 is 0 Å². The number of carbonyl (C=O) groups is 1. The third-order valence-electron chi connectivity index (χ3n) is 3.19. The molecule has 0 spiro atoms. The van der Waals surface area contributed by atoms with Crippen LogP contribution in [0, 0.1) is 0 Å². The minimum atomic E-state index is 0.0192. The van der Waals surface area contributed by atoms with Crippen LogP contribution >= 0.6 is 27.3 Å². The van der Waals surface area contributed by atoms with Crippen molar-refractivity contribution in [2.75, 3.05) is 20.1 Å². The molecular weight excluding hydrogens is 326 g/mol. The number of hydrogen-bond donors (Lipinski definition) is 2. The molecule has 0 saturated heterocycles. The first kappa shape index (κ1) is 16.6. The highest BCUT2D eigenvalue weighted by Crippen LogP contribution is 2.33. The lowest BCUT2D eigenvalue weighted by molar-refractivity contribution is -0.122. The van der Waals surface area contributed by atoms with Gasteiger partial charge in [-0.15, -0.1) is 11.3 Å².